The first-order valence-corrected chi connectivity index (χ1v) is 8.69. The van der Waals surface area contributed by atoms with Crippen molar-refractivity contribution in [3.8, 4) is 0 Å². The highest BCUT2D eigenvalue weighted by Gasteiger charge is 2.19. The molecule has 130 valence electrons. The van der Waals surface area contributed by atoms with Crippen molar-refractivity contribution in [2.45, 2.75) is 45.6 Å². The Bertz CT molecular complexity index is 780. The first-order chi connectivity index (χ1) is 12.0. The Labute approximate surface area is 148 Å². The van der Waals surface area contributed by atoms with Crippen LogP contribution in [0.2, 0.25) is 0 Å². The van der Waals surface area contributed by atoms with E-state index in [1.54, 1.807) is 6.92 Å². The minimum Gasteiger partial charge on any atom is -0.452 e. The summed E-state index contributed by atoms with van der Waals surface area (Å²) in [6.45, 7) is 3.59. The Morgan fingerprint density at radius 2 is 1.80 bits per heavy atom. The molecule has 0 aromatic heterocycles. The number of hydrogen-bond acceptors (Lipinski definition) is 3. The Morgan fingerprint density at radius 1 is 1.08 bits per heavy atom. The number of carbonyl (C=O) groups excluding carboxylic acids is 2. The van der Waals surface area contributed by atoms with Crippen molar-refractivity contribution in [3.05, 3.63) is 64.7 Å². The van der Waals surface area contributed by atoms with Crippen LogP contribution in [0, 0.1) is 6.92 Å². The number of rotatable bonds is 5. The van der Waals surface area contributed by atoms with E-state index in [1.165, 1.54) is 17.5 Å². The third-order valence-electron chi connectivity index (χ3n) is 4.51. The smallest absolute Gasteiger partial charge is 0.311 e. The lowest BCUT2D eigenvalue weighted by Gasteiger charge is -2.14. The molecule has 0 saturated heterocycles. The highest BCUT2D eigenvalue weighted by molar-refractivity contribution is 5.95. The number of ether oxygens (including phenoxy) is 1. The normalized spacial score (nSPS) is 13.8. The fraction of sp³-hybridized carbons (Fsp3) is 0.333. The van der Waals surface area contributed by atoms with Crippen LogP contribution in [0.1, 0.15) is 35.6 Å². The zero-order valence-electron chi connectivity index (χ0n) is 14.7. The molecule has 0 unspecified atom stereocenters. The highest BCUT2D eigenvalue weighted by Crippen LogP contribution is 2.25. The second kappa shape index (κ2) is 7.51. The second-order valence-electron chi connectivity index (χ2n) is 6.62. The molecule has 0 spiro atoms. The van der Waals surface area contributed by atoms with Crippen molar-refractivity contribution in [2.24, 2.45) is 0 Å². The van der Waals surface area contributed by atoms with Crippen LogP contribution in [0.3, 0.4) is 0 Å². The molecule has 4 heteroatoms. The number of nitrogens with one attached hydrogen (secondary N) is 1. The number of anilines is 1. The molecule has 0 bridgehead atoms. The minimum atomic E-state index is -0.828. The summed E-state index contributed by atoms with van der Waals surface area (Å²) in [4.78, 5) is 24.3. The summed E-state index contributed by atoms with van der Waals surface area (Å²) in [6.07, 6.45) is 2.67. The summed E-state index contributed by atoms with van der Waals surface area (Å²) >= 11 is 0. The number of aryl methyl sites for hydroxylation is 3. The molecule has 3 rings (SSSR count). The van der Waals surface area contributed by atoms with Crippen LogP contribution in [-0.4, -0.2) is 18.0 Å². The number of benzene rings is 2. The van der Waals surface area contributed by atoms with Crippen LogP contribution in [0.25, 0.3) is 0 Å². The maximum Gasteiger partial charge on any atom is 0.311 e. The lowest BCUT2D eigenvalue weighted by Crippen LogP contribution is -2.30. The van der Waals surface area contributed by atoms with Crippen molar-refractivity contribution in [1.29, 1.82) is 0 Å². The van der Waals surface area contributed by atoms with Gasteiger partial charge in [0.25, 0.3) is 5.91 Å². The minimum absolute atomic E-state index is 0.163. The van der Waals surface area contributed by atoms with Gasteiger partial charge in [0.2, 0.25) is 0 Å². The van der Waals surface area contributed by atoms with Crippen LogP contribution < -0.4 is 5.32 Å². The summed E-state index contributed by atoms with van der Waals surface area (Å²) < 4.78 is 5.26. The van der Waals surface area contributed by atoms with Crippen LogP contribution in [0.4, 0.5) is 5.69 Å². The van der Waals surface area contributed by atoms with Crippen LogP contribution in [-0.2, 0) is 33.6 Å². The number of amides is 1. The van der Waals surface area contributed by atoms with E-state index in [2.05, 4.69) is 11.4 Å². The van der Waals surface area contributed by atoms with Gasteiger partial charge in [-0.05, 0) is 61.9 Å². The van der Waals surface area contributed by atoms with E-state index in [1.807, 2.05) is 43.3 Å². The second-order valence-corrected chi connectivity index (χ2v) is 6.62. The average molecular weight is 337 g/mol. The molecule has 2 aromatic rings. The summed E-state index contributed by atoms with van der Waals surface area (Å²) in [5.74, 6) is -0.712. The van der Waals surface area contributed by atoms with Gasteiger partial charge in [0.15, 0.2) is 6.10 Å². The Morgan fingerprint density at radius 3 is 2.56 bits per heavy atom. The number of fused-ring (bicyclic) bond motifs is 1. The Balaban J connectivity index is 1.53. The lowest BCUT2D eigenvalue weighted by atomic mass is 10.1. The molecule has 1 atom stereocenters. The van der Waals surface area contributed by atoms with Gasteiger partial charge in [-0.15, -0.1) is 0 Å². The predicted octanol–water partition coefficient (Wildman–Crippen LogP) is 3.60. The molecule has 2 aromatic carbocycles. The summed E-state index contributed by atoms with van der Waals surface area (Å²) in [5.41, 5.74) is 5.42. The van der Waals surface area contributed by atoms with Crippen molar-refractivity contribution in [3.63, 3.8) is 0 Å². The Hall–Kier alpha value is -2.62. The van der Waals surface area contributed by atoms with Gasteiger partial charge in [0, 0.05) is 5.69 Å². The fourth-order valence-corrected chi connectivity index (χ4v) is 3.06. The van der Waals surface area contributed by atoms with E-state index in [-0.39, 0.29) is 12.3 Å². The van der Waals surface area contributed by atoms with Crippen LogP contribution >= 0.6 is 0 Å². The fourth-order valence-electron chi connectivity index (χ4n) is 3.06. The first kappa shape index (κ1) is 17.2. The molecule has 0 fully saturated rings. The third-order valence-corrected chi connectivity index (χ3v) is 4.51. The maximum atomic E-state index is 12.3. The molecular formula is C21H23NO3. The van der Waals surface area contributed by atoms with Crippen molar-refractivity contribution >= 4 is 17.6 Å². The molecule has 0 heterocycles. The van der Waals surface area contributed by atoms with Gasteiger partial charge < -0.3 is 10.1 Å². The predicted molar refractivity (Wildman–Crippen MR) is 97.5 cm³/mol. The third kappa shape index (κ3) is 4.47. The number of hydrogen-bond donors (Lipinski definition) is 1. The zero-order valence-corrected chi connectivity index (χ0v) is 14.7. The molecule has 1 amide bonds. The van der Waals surface area contributed by atoms with E-state index in [0.717, 1.165) is 29.7 Å². The molecule has 1 aliphatic rings. The van der Waals surface area contributed by atoms with Gasteiger partial charge in [-0.1, -0.05) is 35.9 Å². The zero-order chi connectivity index (χ0) is 17.8. The van der Waals surface area contributed by atoms with Gasteiger partial charge in [-0.3, -0.25) is 9.59 Å². The molecule has 0 radical (unpaired) electrons. The van der Waals surface area contributed by atoms with Gasteiger partial charge >= 0.3 is 5.97 Å². The van der Waals surface area contributed by atoms with Crippen molar-refractivity contribution in [2.75, 3.05) is 5.32 Å². The molecule has 1 aliphatic carbocycles. The molecule has 0 saturated carbocycles. The standard InChI is InChI=1S/C21H23NO3/c1-14-6-8-16(9-7-14)12-20(23)25-15(2)21(24)22-19-11-10-17-4-3-5-18(17)13-19/h6-11,13,15H,3-5,12H2,1-2H3,(H,22,24)/t15-/m0/s1. The maximum absolute atomic E-state index is 12.3. The molecule has 25 heavy (non-hydrogen) atoms. The van der Waals surface area contributed by atoms with Crippen LogP contribution in [0.15, 0.2) is 42.5 Å². The van der Waals surface area contributed by atoms with Crippen molar-refractivity contribution in [1.82, 2.24) is 0 Å². The van der Waals surface area contributed by atoms with Crippen molar-refractivity contribution < 1.29 is 14.3 Å². The molecular weight excluding hydrogens is 314 g/mol. The van der Waals surface area contributed by atoms with Gasteiger partial charge in [0.1, 0.15) is 0 Å². The van der Waals surface area contributed by atoms with Crippen LogP contribution in [0.5, 0.6) is 0 Å². The SMILES string of the molecule is Cc1ccc(CC(=O)O[C@@H](C)C(=O)Nc2ccc3c(c2)CCC3)cc1. The quantitative estimate of drug-likeness (QED) is 0.848. The Kier molecular flexibility index (Phi) is 5.17. The molecule has 4 nitrogen and oxygen atoms in total. The first-order valence-electron chi connectivity index (χ1n) is 8.69. The van der Waals surface area contributed by atoms with E-state index in [4.69, 9.17) is 4.74 Å². The lowest BCUT2D eigenvalue weighted by molar-refractivity contribution is -0.152. The van der Waals surface area contributed by atoms with E-state index < -0.39 is 12.1 Å². The largest absolute Gasteiger partial charge is 0.452 e. The van der Waals surface area contributed by atoms with E-state index in [0.29, 0.717) is 0 Å². The van der Waals surface area contributed by atoms with Gasteiger partial charge in [-0.25, -0.2) is 0 Å². The average Bonchev–Trinajstić information content (AvgIpc) is 3.04. The summed E-state index contributed by atoms with van der Waals surface area (Å²) in [7, 11) is 0. The number of carbonyl (C=O) groups is 2. The van der Waals surface area contributed by atoms with Gasteiger partial charge in [-0.2, -0.15) is 0 Å². The molecule has 1 N–H and O–H groups in total. The van der Waals surface area contributed by atoms with Gasteiger partial charge in [0.05, 0.1) is 6.42 Å². The monoisotopic (exact) mass is 337 g/mol. The highest BCUT2D eigenvalue weighted by atomic mass is 16.5. The summed E-state index contributed by atoms with van der Waals surface area (Å²) in [6, 6.07) is 13.7. The topological polar surface area (TPSA) is 55.4 Å². The van der Waals surface area contributed by atoms with E-state index >= 15 is 0 Å². The summed E-state index contributed by atoms with van der Waals surface area (Å²) in [5, 5.41) is 2.83. The molecule has 0 aliphatic heterocycles. The van der Waals surface area contributed by atoms with E-state index in [9.17, 15) is 9.59 Å². The number of esters is 1.